The molecule has 2 aromatic heterocycles. The molecule has 0 spiro atoms. The van der Waals surface area contributed by atoms with Crippen LogP contribution in [0.1, 0.15) is 37.6 Å². The molecule has 4 N–H and O–H groups in total. The summed E-state index contributed by atoms with van der Waals surface area (Å²) in [6, 6.07) is 4.27. The van der Waals surface area contributed by atoms with E-state index in [9.17, 15) is 28.2 Å². The number of alkyl halides is 3. The van der Waals surface area contributed by atoms with E-state index in [2.05, 4.69) is 25.6 Å². The molecule has 3 aromatic rings. The molecule has 0 aliphatic rings. The molecule has 0 saturated carbocycles. The SMILES string of the molecule is CCOc1cc(-c2cnc(NC(=O)Nc3ccc(CC(C)(C)CO)c(C(F)(F)F)c3)c(C)n2)cnc1O. The maximum atomic E-state index is 13.7. The number of nitrogens with one attached hydrogen (secondary N) is 2. The van der Waals surface area contributed by atoms with E-state index in [1.165, 1.54) is 24.5 Å². The maximum Gasteiger partial charge on any atom is 0.416 e. The van der Waals surface area contributed by atoms with Crippen LogP contribution in [0.2, 0.25) is 0 Å². The van der Waals surface area contributed by atoms with E-state index in [1.54, 1.807) is 33.8 Å². The van der Waals surface area contributed by atoms with E-state index in [4.69, 9.17) is 4.74 Å². The van der Waals surface area contributed by atoms with Gasteiger partial charge in [-0.3, -0.25) is 5.32 Å². The second-order valence-corrected chi connectivity index (χ2v) is 9.12. The first-order valence-electron chi connectivity index (χ1n) is 11.4. The highest BCUT2D eigenvalue weighted by molar-refractivity contribution is 5.99. The number of rotatable bonds is 8. The van der Waals surface area contributed by atoms with E-state index in [1.807, 2.05) is 0 Å². The lowest BCUT2D eigenvalue weighted by molar-refractivity contribution is -0.138. The second kappa shape index (κ2) is 11.0. The molecule has 0 saturated heterocycles. The Hall–Kier alpha value is -3.93. The number of aliphatic hydroxyl groups is 1. The average Bonchev–Trinajstić information content (AvgIpc) is 2.82. The van der Waals surface area contributed by atoms with Crippen LogP contribution in [0.3, 0.4) is 0 Å². The van der Waals surface area contributed by atoms with Crippen molar-refractivity contribution in [3.63, 3.8) is 0 Å². The van der Waals surface area contributed by atoms with Gasteiger partial charge in [0.1, 0.15) is 0 Å². The normalized spacial score (nSPS) is 11.8. The Bertz CT molecular complexity index is 1280. The zero-order valence-corrected chi connectivity index (χ0v) is 20.8. The molecule has 198 valence electrons. The van der Waals surface area contributed by atoms with Gasteiger partial charge in [0.25, 0.3) is 5.88 Å². The van der Waals surface area contributed by atoms with Crippen LogP contribution in [0.5, 0.6) is 11.6 Å². The lowest BCUT2D eigenvalue weighted by Crippen LogP contribution is -2.23. The Morgan fingerprint density at radius 1 is 1.11 bits per heavy atom. The predicted molar refractivity (Wildman–Crippen MR) is 131 cm³/mol. The minimum Gasteiger partial charge on any atom is -0.491 e. The number of pyridine rings is 1. The van der Waals surface area contributed by atoms with Crippen molar-refractivity contribution in [3.05, 3.63) is 53.5 Å². The van der Waals surface area contributed by atoms with Crippen molar-refractivity contribution >= 4 is 17.5 Å². The van der Waals surface area contributed by atoms with Gasteiger partial charge in [0.2, 0.25) is 0 Å². The third kappa shape index (κ3) is 7.06. The van der Waals surface area contributed by atoms with Crippen LogP contribution < -0.4 is 15.4 Å². The second-order valence-electron chi connectivity index (χ2n) is 9.12. The highest BCUT2D eigenvalue weighted by Gasteiger charge is 2.35. The minimum atomic E-state index is -4.64. The number of carbonyl (C=O) groups excluding carboxylic acids is 1. The summed E-state index contributed by atoms with van der Waals surface area (Å²) in [5.41, 5.74) is -0.389. The average molecular weight is 520 g/mol. The van der Waals surface area contributed by atoms with Gasteiger partial charge in [0.15, 0.2) is 11.6 Å². The fraction of sp³-hybridized carbons (Fsp3) is 0.360. The molecule has 12 heteroatoms. The highest BCUT2D eigenvalue weighted by Crippen LogP contribution is 2.36. The number of halogens is 3. The molecule has 1 aromatic carbocycles. The van der Waals surface area contributed by atoms with Crippen molar-refractivity contribution in [2.45, 2.75) is 40.3 Å². The Kier molecular flexibility index (Phi) is 8.22. The Balaban J connectivity index is 1.77. The van der Waals surface area contributed by atoms with Crippen LogP contribution in [0.15, 0.2) is 36.7 Å². The first-order valence-corrected chi connectivity index (χ1v) is 11.4. The molecular formula is C25H28F3N5O4. The summed E-state index contributed by atoms with van der Waals surface area (Å²) >= 11 is 0. The van der Waals surface area contributed by atoms with E-state index < -0.39 is 23.2 Å². The van der Waals surface area contributed by atoms with Crippen molar-refractivity contribution in [1.82, 2.24) is 15.0 Å². The van der Waals surface area contributed by atoms with Crippen LogP contribution in [-0.2, 0) is 12.6 Å². The van der Waals surface area contributed by atoms with E-state index in [0.717, 1.165) is 6.07 Å². The van der Waals surface area contributed by atoms with Gasteiger partial charge in [-0.25, -0.2) is 19.7 Å². The van der Waals surface area contributed by atoms with Gasteiger partial charge < -0.3 is 20.3 Å². The number of hydrogen-bond acceptors (Lipinski definition) is 7. The number of carbonyl (C=O) groups is 1. The molecule has 0 bridgehead atoms. The standard InChI is InChI=1S/C25H28F3N5O4/c1-5-37-20-8-16(11-30-22(20)35)19-12-29-21(14(2)31-19)33-23(36)32-17-7-6-15(10-24(3,4)13-34)18(9-17)25(26,27)28/h6-9,11-12,34H,5,10,13H2,1-4H3,(H,30,35)(H2,29,32,33,36). The first-order chi connectivity index (χ1) is 17.3. The topological polar surface area (TPSA) is 129 Å². The Labute approximate surface area is 211 Å². The molecule has 0 unspecified atom stereocenters. The van der Waals surface area contributed by atoms with Gasteiger partial charge in [-0.1, -0.05) is 19.9 Å². The number of hydrogen-bond donors (Lipinski definition) is 4. The van der Waals surface area contributed by atoms with Crippen molar-refractivity contribution in [1.29, 1.82) is 0 Å². The molecule has 2 heterocycles. The Morgan fingerprint density at radius 2 is 1.84 bits per heavy atom. The van der Waals surface area contributed by atoms with Crippen LogP contribution in [0, 0.1) is 12.3 Å². The number of aromatic hydroxyl groups is 1. The first kappa shape index (κ1) is 27.7. The van der Waals surface area contributed by atoms with Crippen LogP contribution in [-0.4, -0.2) is 44.4 Å². The molecule has 3 rings (SSSR count). The Morgan fingerprint density at radius 3 is 2.46 bits per heavy atom. The van der Waals surface area contributed by atoms with Crippen molar-refractivity contribution in [2.75, 3.05) is 23.8 Å². The molecule has 9 nitrogen and oxygen atoms in total. The number of urea groups is 1. The van der Waals surface area contributed by atoms with E-state index in [-0.39, 0.29) is 41.7 Å². The summed E-state index contributed by atoms with van der Waals surface area (Å²) in [6.07, 6.45) is -1.86. The molecule has 0 aliphatic heterocycles. The molecule has 0 fully saturated rings. The van der Waals surface area contributed by atoms with Gasteiger partial charge in [-0.2, -0.15) is 13.2 Å². The third-order valence-electron chi connectivity index (χ3n) is 5.38. The summed E-state index contributed by atoms with van der Waals surface area (Å²) in [5, 5.41) is 24.1. The van der Waals surface area contributed by atoms with Crippen molar-refractivity contribution < 1.29 is 32.9 Å². The predicted octanol–water partition coefficient (Wildman–Crippen LogP) is 5.18. The molecule has 2 amide bonds. The number of aryl methyl sites for hydroxylation is 1. The lowest BCUT2D eigenvalue weighted by Gasteiger charge is -2.24. The largest absolute Gasteiger partial charge is 0.491 e. The maximum absolute atomic E-state index is 13.7. The van der Waals surface area contributed by atoms with Gasteiger partial charge >= 0.3 is 12.2 Å². The monoisotopic (exact) mass is 519 g/mol. The fourth-order valence-corrected chi connectivity index (χ4v) is 3.50. The summed E-state index contributed by atoms with van der Waals surface area (Å²) in [7, 11) is 0. The summed E-state index contributed by atoms with van der Waals surface area (Å²) < 4.78 is 46.4. The number of aromatic nitrogens is 3. The number of amides is 2. The molecule has 37 heavy (non-hydrogen) atoms. The van der Waals surface area contributed by atoms with Gasteiger partial charge in [-0.15, -0.1) is 0 Å². The number of aliphatic hydroxyl groups excluding tert-OH is 1. The van der Waals surface area contributed by atoms with Gasteiger partial charge in [-0.05, 0) is 49.4 Å². The number of nitrogens with zero attached hydrogens (tertiary/aromatic N) is 3. The van der Waals surface area contributed by atoms with E-state index in [0.29, 0.717) is 23.6 Å². The number of benzene rings is 1. The summed E-state index contributed by atoms with van der Waals surface area (Å²) in [6.45, 7) is 6.74. The van der Waals surface area contributed by atoms with Gasteiger partial charge in [0, 0.05) is 24.1 Å². The minimum absolute atomic E-state index is 0.00850. The quantitative estimate of drug-likeness (QED) is 0.323. The van der Waals surface area contributed by atoms with Crippen LogP contribution in [0.4, 0.5) is 29.5 Å². The van der Waals surface area contributed by atoms with Crippen molar-refractivity contribution in [2.24, 2.45) is 5.41 Å². The molecule has 0 radical (unpaired) electrons. The van der Waals surface area contributed by atoms with Crippen molar-refractivity contribution in [3.8, 4) is 22.9 Å². The zero-order valence-electron chi connectivity index (χ0n) is 20.8. The molecule has 0 aliphatic carbocycles. The number of ether oxygens (including phenoxy) is 1. The zero-order chi connectivity index (χ0) is 27.4. The summed E-state index contributed by atoms with van der Waals surface area (Å²) in [4.78, 5) is 24.9. The van der Waals surface area contributed by atoms with Gasteiger partial charge in [0.05, 0.1) is 29.8 Å². The van der Waals surface area contributed by atoms with E-state index >= 15 is 0 Å². The lowest BCUT2D eigenvalue weighted by atomic mass is 9.85. The van der Waals surface area contributed by atoms with Crippen LogP contribution in [0.25, 0.3) is 11.3 Å². The molecular weight excluding hydrogens is 491 g/mol. The fourth-order valence-electron chi connectivity index (χ4n) is 3.50. The number of anilines is 2. The smallest absolute Gasteiger partial charge is 0.416 e. The summed E-state index contributed by atoms with van der Waals surface area (Å²) in [5.74, 6) is 0.0321. The highest BCUT2D eigenvalue weighted by atomic mass is 19.4. The van der Waals surface area contributed by atoms with Crippen LogP contribution >= 0.6 is 0 Å². The third-order valence-corrected chi connectivity index (χ3v) is 5.38. The molecule has 0 atom stereocenters.